The number of Topliss-reactive ketones (excluding diaryl/α,β-unsaturated/α-hetero) is 2. The minimum atomic E-state index is -0.644. The van der Waals surface area contributed by atoms with Gasteiger partial charge in [0.1, 0.15) is 17.3 Å². The highest BCUT2D eigenvalue weighted by Gasteiger charge is 2.64. The van der Waals surface area contributed by atoms with Crippen molar-refractivity contribution < 1.29 is 33.4 Å². The van der Waals surface area contributed by atoms with E-state index >= 15 is 0 Å². The number of nitrogens with one attached hydrogen (secondary N) is 1. The number of allylic oxidation sites excluding steroid dienone is 1. The molecule has 5 rings (SSSR count). The molecule has 1 spiro atoms. The van der Waals surface area contributed by atoms with Gasteiger partial charge in [-0.2, -0.15) is 0 Å². The lowest BCUT2D eigenvalue weighted by molar-refractivity contribution is -0.131. The molecule has 46 heavy (non-hydrogen) atoms. The molecule has 0 radical (unpaired) electrons. The molecule has 13 heteroatoms. The van der Waals surface area contributed by atoms with Crippen molar-refractivity contribution in [2.75, 3.05) is 47.4 Å². The van der Waals surface area contributed by atoms with Gasteiger partial charge in [-0.1, -0.05) is 6.07 Å². The third-order valence-corrected chi connectivity index (χ3v) is 9.99. The number of nitrogens with zero attached hydrogens (tertiary/aromatic N) is 3. The number of nitrogens with two attached hydrogens (primary N) is 2. The number of carbonyl (C=O) groups is 4. The van der Waals surface area contributed by atoms with Gasteiger partial charge in [-0.25, -0.2) is 4.79 Å². The average Bonchev–Trinajstić information content (AvgIpc) is 3.36. The Labute approximate surface area is 269 Å². The third-order valence-electron chi connectivity index (χ3n) is 9.99. The van der Waals surface area contributed by atoms with E-state index in [0.717, 1.165) is 31.6 Å². The normalized spacial score (nSPS) is 24.4. The summed E-state index contributed by atoms with van der Waals surface area (Å²) < 4.78 is 18.4. The minimum Gasteiger partial charge on any atom is -0.493 e. The van der Waals surface area contributed by atoms with E-state index in [0.29, 0.717) is 42.9 Å². The molecule has 0 unspecified atom stereocenters. The molecule has 250 valence electrons. The van der Waals surface area contributed by atoms with Crippen molar-refractivity contribution in [2.45, 2.75) is 69.4 Å². The number of rotatable bonds is 14. The Morgan fingerprint density at radius 2 is 2.04 bits per heavy atom. The fourth-order valence-corrected chi connectivity index (χ4v) is 7.82. The summed E-state index contributed by atoms with van der Waals surface area (Å²) in [4.78, 5) is 57.9. The molecule has 2 heterocycles. The van der Waals surface area contributed by atoms with Crippen LogP contribution in [0.25, 0.3) is 0 Å². The molecule has 2 aliphatic carbocycles. The van der Waals surface area contributed by atoms with E-state index in [1.807, 2.05) is 12.1 Å². The van der Waals surface area contributed by atoms with Gasteiger partial charge in [-0.15, -0.1) is 0 Å². The number of likely N-dealkylation sites (tertiary alicyclic amines) is 1. The summed E-state index contributed by atoms with van der Waals surface area (Å²) >= 11 is 0. The molecule has 1 saturated heterocycles. The van der Waals surface area contributed by atoms with E-state index in [1.165, 1.54) is 23.0 Å². The van der Waals surface area contributed by atoms with Crippen LogP contribution in [0.2, 0.25) is 0 Å². The highest BCUT2D eigenvalue weighted by Crippen LogP contribution is 2.63. The number of hydrogen-bond acceptors (Lipinski definition) is 9. The Hall–Kier alpha value is -4.13. The third kappa shape index (κ3) is 6.42. The van der Waals surface area contributed by atoms with Crippen molar-refractivity contribution in [2.24, 2.45) is 28.3 Å². The summed E-state index contributed by atoms with van der Waals surface area (Å²) in [6, 6.07) is 4.48. The van der Waals surface area contributed by atoms with Gasteiger partial charge < -0.3 is 40.8 Å². The quantitative estimate of drug-likeness (QED) is 0.117. The van der Waals surface area contributed by atoms with Gasteiger partial charge in [-0.05, 0) is 76.2 Å². The number of ketones is 2. The predicted molar refractivity (Wildman–Crippen MR) is 170 cm³/mol. The molecule has 2 bridgehead atoms. The first-order chi connectivity index (χ1) is 22.0. The summed E-state index contributed by atoms with van der Waals surface area (Å²) in [6.45, 7) is 2.92. The number of benzene rings is 1. The van der Waals surface area contributed by atoms with Gasteiger partial charge in [-0.3, -0.25) is 19.4 Å². The first-order valence-corrected chi connectivity index (χ1v) is 16.0. The molecule has 1 aromatic carbocycles. The van der Waals surface area contributed by atoms with Gasteiger partial charge in [0.2, 0.25) is 5.91 Å². The topological polar surface area (TPSA) is 179 Å². The number of amides is 2. The molecule has 5 N–H and O–H groups in total. The second-order valence-electron chi connectivity index (χ2n) is 13.0. The van der Waals surface area contributed by atoms with Gasteiger partial charge in [0.05, 0.1) is 13.5 Å². The molecular formula is C33H46N6O7. The van der Waals surface area contributed by atoms with Crippen molar-refractivity contribution in [1.29, 1.82) is 0 Å². The van der Waals surface area contributed by atoms with Crippen LogP contribution in [0.1, 0.15) is 56.6 Å². The zero-order valence-corrected chi connectivity index (χ0v) is 27.2. The maximum Gasteiger partial charge on any atom is 0.414 e. The number of methoxy groups -OCH3 is 1. The van der Waals surface area contributed by atoms with Crippen LogP contribution in [0.3, 0.4) is 0 Å². The van der Waals surface area contributed by atoms with E-state index < -0.39 is 18.1 Å². The Morgan fingerprint density at radius 1 is 1.26 bits per heavy atom. The van der Waals surface area contributed by atoms with Gasteiger partial charge in [0.25, 0.3) is 0 Å². The van der Waals surface area contributed by atoms with E-state index in [2.05, 4.69) is 28.3 Å². The second-order valence-corrected chi connectivity index (χ2v) is 13.0. The van der Waals surface area contributed by atoms with Gasteiger partial charge >= 0.3 is 6.09 Å². The van der Waals surface area contributed by atoms with Gasteiger partial charge in [0, 0.05) is 56.0 Å². The monoisotopic (exact) mass is 638 g/mol. The SMILES string of the molecule is COc1ccc2c3c1O[C@H]1C(OC(=O)N(C)CCNC(=O)[C@@H](CCCN=C(N)N)CC(=O)CC(C)=O)=CC[C@H]4[C@@H](C2)N(C)CC[C@]314. The van der Waals surface area contributed by atoms with E-state index in [1.54, 1.807) is 14.2 Å². The lowest BCUT2D eigenvalue weighted by Crippen LogP contribution is -2.63. The van der Waals surface area contributed by atoms with E-state index in [4.69, 9.17) is 25.7 Å². The molecule has 1 aromatic rings. The van der Waals surface area contributed by atoms with Crippen molar-refractivity contribution in [3.05, 3.63) is 35.1 Å². The number of likely N-dealkylation sites (N-methyl/N-ethyl adjacent to an activating group) is 2. The Bertz CT molecular complexity index is 1440. The van der Waals surface area contributed by atoms with Crippen molar-refractivity contribution in [1.82, 2.24) is 15.1 Å². The number of hydrogen-bond donors (Lipinski definition) is 3. The maximum atomic E-state index is 13.3. The lowest BCUT2D eigenvalue weighted by Gasteiger charge is -2.56. The number of carbonyl (C=O) groups excluding carboxylic acids is 4. The van der Waals surface area contributed by atoms with Crippen LogP contribution in [0.15, 0.2) is 29.0 Å². The summed E-state index contributed by atoms with van der Waals surface area (Å²) in [5.74, 6) is 0.719. The molecule has 4 aliphatic rings. The number of aliphatic imine (C=N–C) groups is 1. The van der Waals surface area contributed by atoms with Crippen molar-refractivity contribution in [3.63, 3.8) is 0 Å². The standard InChI is InChI=1S/C33H46N6O7/c1-19(40)16-22(41)17-21(6-5-12-37-31(34)35)30(42)36-13-15-39(3)32(43)45-26-10-8-23-24-18-20-7-9-25(44-4)28-27(20)33(23,29(26)46-28)11-14-38(24)2/h7,9-10,21,23-24,29H,5-6,8,11-18H2,1-4H3,(H,36,42)(H4,34,35,37)/t21-,23-,24+,29-,33-/m0/s1. The fraction of sp³-hybridized carbons (Fsp3) is 0.606. The van der Waals surface area contributed by atoms with Crippen LogP contribution in [-0.2, 0) is 31.0 Å². The smallest absolute Gasteiger partial charge is 0.414 e. The highest BCUT2D eigenvalue weighted by molar-refractivity contribution is 5.99. The molecule has 1 fully saturated rings. The zero-order valence-electron chi connectivity index (χ0n) is 27.2. The Morgan fingerprint density at radius 3 is 2.76 bits per heavy atom. The zero-order chi connectivity index (χ0) is 33.2. The first-order valence-electron chi connectivity index (χ1n) is 16.0. The number of ether oxygens (including phenoxy) is 3. The van der Waals surface area contributed by atoms with Crippen molar-refractivity contribution >= 4 is 29.5 Å². The fourth-order valence-electron chi connectivity index (χ4n) is 7.82. The molecule has 0 saturated carbocycles. The van der Waals surface area contributed by atoms with Gasteiger partial charge in [0.15, 0.2) is 23.6 Å². The number of piperidine rings is 1. The minimum absolute atomic E-state index is 0.0465. The molecule has 2 aliphatic heterocycles. The molecule has 2 amide bonds. The van der Waals surface area contributed by atoms with E-state index in [-0.39, 0.29) is 54.8 Å². The molecular weight excluding hydrogens is 592 g/mol. The van der Waals surface area contributed by atoms with Crippen molar-refractivity contribution in [3.8, 4) is 11.5 Å². The van der Waals surface area contributed by atoms with Crippen LogP contribution in [-0.4, -0.2) is 98.9 Å². The summed E-state index contributed by atoms with van der Waals surface area (Å²) in [5, 5.41) is 2.82. The van der Waals surface area contributed by atoms with Crippen LogP contribution in [0.5, 0.6) is 11.5 Å². The summed E-state index contributed by atoms with van der Waals surface area (Å²) in [6.07, 6.45) is 4.22. The Balaban J connectivity index is 1.21. The predicted octanol–water partition coefficient (Wildman–Crippen LogP) is 1.65. The molecule has 13 nitrogen and oxygen atoms in total. The summed E-state index contributed by atoms with van der Waals surface area (Å²) in [5.41, 5.74) is 12.9. The van der Waals surface area contributed by atoms with Crippen LogP contribution in [0, 0.1) is 11.8 Å². The number of guanidine groups is 1. The maximum absolute atomic E-state index is 13.3. The summed E-state index contributed by atoms with van der Waals surface area (Å²) in [7, 11) is 5.44. The first kappa shape index (κ1) is 33.2. The highest BCUT2D eigenvalue weighted by atomic mass is 16.6. The molecule has 5 atom stereocenters. The van der Waals surface area contributed by atoms with Crippen LogP contribution < -0.4 is 26.3 Å². The second kappa shape index (κ2) is 13.7. The van der Waals surface area contributed by atoms with Crippen LogP contribution >= 0.6 is 0 Å². The van der Waals surface area contributed by atoms with Crippen LogP contribution in [0.4, 0.5) is 4.79 Å². The van der Waals surface area contributed by atoms with E-state index in [9.17, 15) is 19.2 Å². The largest absolute Gasteiger partial charge is 0.493 e. The average molecular weight is 639 g/mol. The Kier molecular flexibility index (Phi) is 9.90. The lowest BCUT2D eigenvalue weighted by atomic mass is 9.53. The molecule has 0 aromatic heterocycles.